The lowest BCUT2D eigenvalue weighted by molar-refractivity contribution is -0.104. The van der Waals surface area contributed by atoms with Crippen molar-refractivity contribution in [3.05, 3.63) is 36.2 Å². The van der Waals surface area contributed by atoms with Gasteiger partial charge in [0.1, 0.15) is 6.29 Å². The number of hydrogen-bond acceptors (Lipinski definition) is 2. The van der Waals surface area contributed by atoms with Gasteiger partial charge in [-0.2, -0.15) is 0 Å². The molecule has 1 aromatic heterocycles. The molecule has 13 heavy (non-hydrogen) atoms. The molecular weight excluding hydrogens is 164 g/mol. The van der Waals surface area contributed by atoms with Crippen molar-refractivity contribution >= 4 is 23.4 Å². The average Bonchev–Trinajstić information content (AvgIpc) is 2.61. The molecule has 2 rings (SSSR count). The van der Waals surface area contributed by atoms with Gasteiger partial charge >= 0.3 is 0 Å². The number of imidazole rings is 1. The summed E-state index contributed by atoms with van der Waals surface area (Å²) in [5.74, 6) is 0. The van der Waals surface area contributed by atoms with Crippen LogP contribution >= 0.6 is 0 Å². The predicted molar refractivity (Wildman–Crippen MR) is 51.2 cm³/mol. The first-order valence-corrected chi connectivity index (χ1v) is 3.95. The second-order valence-electron chi connectivity index (χ2n) is 2.67. The summed E-state index contributed by atoms with van der Waals surface area (Å²) in [6, 6.07) is 5.78. The molecule has 2 aromatic rings. The van der Waals surface area contributed by atoms with E-state index < -0.39 is 0 Å². The van der Waals surface area contributed by atoms with E-state index in [0.717, 1.165) is 22.9 Å². The van der Waals surface area contributed by atoms with Gasteiger partial charge in [-0.3, -0.25) is 4.79 Å². The summed E-state index contributed by atoms with van der Waals surface area (Å²) in [5, 5.41) is 0. The minimum Gasteiger partial charge on any atom is -0.345 e. The summed E-state index contributed by atoms with van der Waals surface area (Å²) < 4.78 is 0. The Labute approximate surface area is 75.1 Å². The van der Waals surface area contributed by atoms with Gasteiger partial charge in [0.15, 0.2) is 0 Å². The summed E-state index contributed by atoms with van der Waals surface area (Å²) in [5.41, 5.74) is 2.90. The van der Waals surface area contributed by atoms with Crippen molar-refractivity contribution in [2.75, 3.05) is 0 Å². The molecule has 0 saturated heterocycles. The molecular formula is C10H8N2O. The predicted octanol–water partition coefficient (Wildman–Crippen LogP) is 1.77. The number of carbonyl (C=O) groups is 1. The van der Waals surface area contributed by atoms with Crippen LogP contribution in [0.2, 0.25) is 0 Å². The second-order valence-corrected chi connectivity index (χ2v) is 2.67. The van der Waals surface area contributed by atoms with Crippen molar-refractivity contribution in [1.29, 1.82) is 0 Å². The van der Waals surface area contributed by atoms with Crippen LogP contribution in [0, 0.1) is 0 Å². The van der Waals surface area contributed by atoms with Crippen molar-refractivity contribution in [3.63, 3.8) is 0 Å². The van der Waals surface area contributed by atoms with Gasteiger partial charge in [0.2, 0.25) is 0 Å². The molecule has 0 saturated carbocycles. The van der Waals surface area contributed by atoms with Crippen LogP contribution in [0.15, 0.2) is 30.6 Å². The molecule has 64 valence electrons. The van der Waals surface area contributed by atoms with Crippen LogP contribution < -0.4 is 0 Å². The van der Waals surface area contributed by atoms with Gasteiger partial charge in [-0.25, -0.2) is 4.98 Å². The lowest BCUT2D eigenvalue weighted by Crippen LogP contribution is -1.73. The number of aldehydes is 1. The maximum Gasteiger partial charge on any atom is 0.142 e. The number of hydrogen-bond donors (Lipinski definition) is 1. The number of benzene rings is 1. The third-order valence-corrected chi connectivity index (χ3v) is 1.81. The molecule has 0 atom stereocenters. The number of H-pyrrole nitrogens is 1. The van der Waals surface area contributed by atoms with Crippen molar-refractivity contribution in [1.82, 2.24) is 9.97 Å². The number of nitrogens with zero attached hydrogens (tertiary/aromatic N) is 1. The molecule has 1 aromatic carbocycles. The maximum absolute atomic E-state index is 10.1. The highest BCUT2D eigenvalue weighted by atomic mass is 16.1. The van der Waals surface area contributed by atoms with Crippen LogP contribution in [-0.2, 0) is 4.79 Å². The summed E-state index contributed by atoms with van der Waals surface area (Å²) in [4.78, 5) is 17.2. The van der Waals surface area contributed by atoms with Crippen LogP contribution in [0.4, 0.5) is 0 Å². The van der Waals surface area contributed by atoms with Crippen molar-refractivity contribution in [3.8, 4) is 0 Å². The zero-order chi connectivity index (χ0) is 9.10. The van der Waals surface area contributed by atoms with E-state index in [9.17, 15) is 4.79 Å². The monoisotopic (exact) mass is 172 g/mol. The van der Waals surface area contributed by atoms with Gasteiger partial charge in [-0.1, -0.05) is 12.1 Å². The number of rotatable bonds is 2. The number of aromatic nitrogens is 2. The normalized spacial score (nSPS) is 11.1. The van der Waals surface area contributed by atoms with Crippen molar-refractivity contribution in [2.45, 2.75) is 0 Å². The molecule has 0 aliphatic rings. The highest BCUT2D eigenvalue weighted by Gasteiger charge is 1.94. The van der Waals surface area contributed by atoms with Crippen LogP contribution in [-0.4, -0.2) is 16.3 Å². The highest BCUT2D eigenvalue weighted by molar-refractivity contribution is 5.80. The zero-order valence-electron chi connectivity index (χ0n) is 6.90. The quantitative estimate of drug-likeness (QED) is 0.554. The molecule has 1 N–H and O–H groups in total. The van der Waals surface area contributed by atoms with Crippen molar-refractivity contribution < 1.29 is 4.79 Å². The largest absolute Gasteiger partial charge is 0.345 e. The van der Waals surface area contributed by atoms with Crippen LogP contribution in [0.1, 0.15) is 5.56 Å². The second kappa shape index (κ2) is 3.23. The fourth-order valence-corrected chi connectivity index (χ4v) is 1.21. The smallest absolute Gasteiger partial charge is 0.142 e. The fourth-order valence-electron chi connectivity index (χ4n) is 1.21. The first-order valence-electron chi connectivity index (χ1n) is 3.95. The zero-order valence-corrected chi connectivity index (χ0v) is 6.90. The van der Waals surface area contributed by atoms with Gasteiger partial charge in [0.25, 0.3) is 0 Å². The van der Waals surface area contributed by atoms with Gasteiger partial charge in [-0.15, -0.1) is 0 Å². The average molecular weight is 172 g/mol. The standard InChI is InChI=1S/C10H8N2O/c13-5-1-2-8-3-4-9-10(6-8)12-7-11-9/h1-7H,(H,11,12)/b2-1+. The Morgan fingerprint density at radius 3 is 3.15 bits per heavy atom. The minimum absolute atomic E-state index is 0.761. The Kier molecular flexibility index (Phi) is 1.92. The van der Waals surface area contributed by atoms with E-state index in [1.807, 2.05) is 18.2 Å². The van der Waals surface area contributed by atoms with E-state index in [1.165, 1.54) is 6.08 Å². The number of fused-ring (bicyclic) bond motifs is 1. The molecule has 1 heterocycles. The molecule has 0 aliphatic heterocycles. The van der Waals surface area contributed by atoms with E-state index >= 15 is 0 Å². The topological polar surface area (TPSA) is 45.8 Å². The Bertz CT molecular complexity index is 457. The van der Waals surface area contributed by atoms with E-state index in [1.54, 1.807) is 12.4 Å². The van der Waals surface area contributed by atoms with Gasteiger partial charge in [0.05, 0.1) is 17.4 Å². The van der Waals surface area contributed by atoms with E-state index in [4.69, 9.17) is 0 Å². The maximum atomic E-state index is 10.1. The molecule has 0 bridgehead atoms. The van der Waals surface area contributed by atoms with Gasteiger partial charge < -0.3 is 4.98 Å². The third-order valence-electron chi connectivity index (χ3n) is 1.81. The Morgan fingerprint density at radius 2 is 2.31 bits per heavy atom. The first-order chi connectivity index (χ1) is 6.40. The van der Waals surface area contributed by atoms with E-state index in [0.29, 0.717) is 0 Å². The lowest BCUT2D eigenvalue weighted by atomic mass is 10.2. The van der Waals surface area contributed by atoms with Crippen LogP contribution in [0.3, 0.4) is 0 Å². The number of aromatic amines is 1. The molecule has 0 spiro atoms. The van der Waals surface area contributed by atoms with E-state index in [-0.39, 0.29) is 0 Å². The van der Waals surface area contributed by atoms with Crippen LogP contribution in [0.5, 0.6) is 0 Å². The summed E-state index contributed by atoms with van der Waals surface area (Å²) in [6.45, 7) is 0. The molecule has 0 fully saturated rings. The van der Waals surface area contributed by atoms with Crippen molar-refractivity contribution in [2.24, 2.45) is 0 Å². The Morgan fingerprint density at radius 1 is 1.38 bits per heavy atom. The minimum atomic E-state index is 0.761. The van der Waals surface area contributed by atoms with Gasteiger partial charge in [-0.05, 0) is 23.8 Å². The molecule has 3 heteroatoms. The molecule has 0 aliphatic carbocycles. The summed E-state index contributed by atoms with van der Waals surface area (Å²) >= 11 is 0. The number of nitrogens with one attached hydrogen (secondary N) is 1. The molecule has 0 radical (unpaired) electrons. The molecule has 0 unspecified atom stereocenters. The Hall–Kier alpha value is -1.90. The summed E-state index contributed by atoms with van der Waals surface area (Å²) in [6.07, 6.45) is 5.64. The number of allylic oxidation sites excluding steroid dienone is 1. The molecule has 0 amide bonds. The Balaban J connectivity index is 2.47. The van der Waals surface area contributed by atoms with Gasteiger partial charge in [0, 0.05) is 0 Å². The third kappa shape index (κ3) is 1.49. The first kappa shape index (κ1) is 7.73. The summed E-state index contributed by atoms with van der Waals surface area (Å²) in [7, 11) is 0. The van der Waals surface area contributed by atoms with Crippen LogP contribution in [0.25, 0.3) is 17.1 Å². The van der Waals surface area contributed by atoms with E-state index in [2.05, 4.69) is 9.97 Å². The SMILES string of the molecule is O=C/C=C/c1ccc2nc[nH]c2c1. The lowest BCUT2D eigenvalue weighted by Gasteiger charge is -1.91. The fraction of sp³-hybridized carbons (Fsp3) is 0. The molecule has 3 nitrogen and oxygen atoms in total. The highest BCUT2D eigenvalue weighted by Crippen LogP contribution is 2.12. The number of carbonyl (C=O) groups excluding carboxylic acids is 1.